The molecule has 1 aromatic carbocycles. The van der Waals surface area contributed by atoms with Crippen LogP contribution in [0.2, 0.25) is 0 Å². The molecular weight excluding hydrogens is 298 g/mol. The number of carbonyl (C=O) groups excluding carboxylic acids is 1. The largest absolute Gasteiger partial charge is 0.454 e. The Morgan fingerprint density at radius 1 is 1.17 bits per heavy atom. The first-order chi connectivity index (χ1) is 11.1. The van der Waals surface area contributed by atoms with Gasteiger partial charge in [0.1, 0.15) is 0 Å². The van der Waals surface area contributed by atoms with Gasteiger partial charge in [-0.3, -0.25) is 4.79 Å². The minimum Gasteiger partial charge on any atom is -0.454 e. The van der Waals surface area contributed by atoms with Crippen molar-refractivity contribution in [3.05, 3.63) is 23.3 Å². The first kappa shape index (κ1) is 13.6. The second-order valence-corrected chi connectivity index (χ2v) is 7.04. The van der Waals surface area contributed by atoms with Crippen molar-refractivity contribution in [2.45, 2.75) is 49.3 Å². The third kappa shape index (κ3) is 1.63. The van der Waals surface area contributed by atoms with Crippen LogP contribution in [0.5, 0.6) is 11.5 Å². The highest BCUT2D eigenvalue weighted by Crippen LogP contribution is 2.55. The molecule has 2 N–H and O–H groups in total. The van der Waals surface area contributed by atoms with Crippen molar-refractivity contribution in [2.24, 2.45) is 0 Å². The maximum absolute atomic E-state index is 12.4. The summed E-state index contributed by atoms with van der Waals surface area (Å²) in [6.45, 7) is 0.839. The number of amides is 1. The maximum Gasteiger partial charge on any atom is 0.231 e. The fourth-order valence-corrected chi connectivity index (χ4v) is 5.09. The smallest absolute Gasteiger partial charge is 0.231 e. The van der Waals surface area contributed by atoms with Gasteiger partial charge in [0.2, 0.25) is 12.7 Å². The Morgan fingerprint density at radius 3 is 2.78 bits per heavy atom. The standard InChI is InChI=1S/C17H19NO5/c19-11-7-17-3-1-14(20)18(17)4-2-9-5-12-13(23-8-22-12)6-10(9)15(17)16(11)21/h5-6,11,15-16,19,21H,1-4,7-8H2. The van der Waals surface area contributed by atoms with Crippen molar-refractivity contribution >= 4 is 5.91 Å². The average molecular weight is 317 g/mol. The minimum atomic E-state index is -0.861. The molecule has 3 aliphatic heterocycles. The highest BCUT2D eigenvalue weighted by molar-refractivity contribution is 5.80. The number of fused-ring (bicyclic) bond motifs is 3. The molecule has 1 aliphatic carbocycles. The van der Waals surface area contributed by atoms with Crippen molar-refractivity contribution in [1.82, 2.24) is 4.90 Å². The van der Waals surface area contributed by atoms with Crippen LogP contribution in [0.25, 0.3) is 0 Å². The van der Waals surface area contributed by atoms with E-state index in [9.17, 15) is 15.0 Å². The zero-order chi connectivity index (χ0) is 15.8. The van der Waals surface area contributed by atoms with Gasteiger partial charge in [-0.25, -0.2) is 0 Å². The molecule has 2 fully saturated rings. The fourth-order valence-electron chi connectivity index (χ4n) is 5.09. The van der Waals surface area contributed by atoms with E-state index in [4.69, 9.17) is 9.47 Å². The van der Waals surface area contributed by atoms with E-state index in [0.717, 1.165) is 23.3 Å². The van der Waals surface area contributed by atoms with E-state index in [1.54, 1.807) is 0 Å². The van der Waals surface area contributed by atoms with Crippen LogP contribution >= 0.6 is 0 Å². The Hall–Kier alpha value is -1.79. The molecule has 0 radical (unpaired) electrons. The first-order valence-corrected chi connectivity index (χ1v) is 8.19. The number of aliphatic hydroxyl groups is 2. The molecule has 4 unspecified atom stereocenters. The number of carbonyl (C=O) groups is 1. The van der Waals surface area contributed by atoms with E-state index in [1.807, 2.05) is 17.0 Å². The van der Waals surface area contributed by atoms with Crippen molar-refractivity contribution in [3.8, 4) is 11.5 Å². The van der Waals surface area contributed by atoms with Gasteiger partial charge >= 0.3 is 0 Å². The summed E-state index contributed by atoms with van der Waals surface area (Å²) in [4.78, 5) is 14.3. The van der Waals surface area contributed by atoms with E-state index in [-0.39, 0.29) is 18.6 Å². The summed E-state index contributed by atoms with van der Waals surface area (Å²) in [6, 6.07) is 3.91. The SMILES string of the molecule is O=C1CCC23CC(O)C(O)C2c2cc4c(cc2CCN13)OCO4. The first-order valence-electron chi connectivity index (χ1n) is 8.19. The quantitative estimate of drug-likeness (QED) is 0.730. The molecule has 1 amide bonds. The number of ether oxygens (including phenoxy) is 2. The zero-order valence-corrected chi connectivity index (χ0v) is 12.7. The molecule has 6 heteroatoms. The van der Waals surface area contributed by atoms with Crippen LogP contribution < -0.4 is 9.47 Å². The zero-order valence-electron chi connectivity index (χ0n) is 12.7. The lowest BCUT2D eigenvalue weighted by Crippen LogP contribution is -2.48. The Labute approximate surface area is 133 Å². The van der Waals surface area contributed by atoms with Gasteiger partial charge < -0.3 is 24.6 Å². The Kier molecular flexibility index (Phi) is 2.60. The monoisotopic (exact) mass is 317 g/mol. The van der Waals surface area contributed by atoms with Gasteiger partial charge in [0.25, 0.3) is 0 Å². The Morgan fingerprint density at radius 2 is 1.96 bits per heavy atom. The van der Waals surface area contributed by atoms with Crippen molar-refractivity contribution in [3.63, 3.8) is 0 Å². The van der Waals surface area contributed by atoms with Crippen LogP contribution in [-0.2, 0) is 11.2 Å². The predicted molar refractivity (Wildman–Crippen MR) is 79.3 cm³/mol. The number of hydrogen-bond donors (Lipinski definition) is 2. The molecule has 1 saturated carbocycles. The molecule has 0 aromatic heterocycles. The molecule has 1 aromatic rings. The Balaban J connectivity index is 1.71. The number of nitrogens with zero attached hydrogens (tertiary/aromatic N) is 1. The fraction of sp³-hybridized carbons (Fsp3) is 0.588. The number of hydrogen-bond acceptors (Lipinski definition) is 5. The third-order valence-electron chi connectivity index (χ3n) is 6.06. The van der Waals surface area contributed by atoms with Crippen LogP contribution in [-0.4, -0.2) is 52.1 Å². The van der Waals surface area contributed by atoms with E-state index in [2.05, 4.69) is 0 Å². The van der Waals surface area contributed by atoms with Gasteiger partial charge in [-0.05, 0) is 42.5 Å². The normalized spacial score (nSPS) is 37.4. The third-order valence-corrected chi connectivity index (χ3v) is 6.06. The molecule has 1 saturated heterocycles. The molecule has 6 nitrogen and oxygen atoms in total. The summed E-state index contributed by atoms with van der Waals surface area (Å²) in [5, 5.41) is 21.0. The second kappa shape index (κ2) is 4.39. The number of rotatable bonds is 0. The van der Waals surface area contributed by atoms with Crippen LogP contribution in [0.1, 0.15) is 36.3 Å². The molecule has 1 spiro atoms. The van der Waals surface area contributed by atoms with Crippen molar-refractivity contribution in [1.29, 1.82) is 0 Å². The Bertz CT molecular complexity index is 704. The van der Waals surface area contributed by atoms with Gasteiger partial charge in [0, 0.05) is 18.9 Å². The van der Waals surface area contributed by atoms with Crippen molar-refractivity contribution in [2.75, 3.05) is 13.3 Å². The van der Waals surface area contributed by atoms with E-state index >= 15 is 0 Å². The average Bonchev–Trinajstić information content (AvgIpc) is 3.14. The van der Waals surface area contributed by atoms with E-state index in [0.29, 0.717) is 31.6 Å². The van der Waals surface area contributed by atoms with Crippen LogP contribution in [0.4, 0.5) is 0 Å². The molecule has 5 rings (SSSR count). The summed E-state index contributed by atoms with van der Waals surface area (Å²) in [6.07, 6.45) is 0.705. The highest BCUT2D eigenvalue weighted by Gasteiger charge is 2.61. The molecule has 23 heavy (non-hydrogen) atoms. The molecule has 0 bridgehead atoms. The molecular formula is C17H19NO5. The van der Waals surface area contributed by atoms with Gasteiger partial charge in [-0.2, -0.15) is 0 Å². The molecule has 4 aliphatic rings. The van der Waals surface area contributed by atoms with Gasteiger partial charge in [0.05, 0.1) is 17.7 Å². The number of benzene rings is 1. The maximum atomic E-state index is 12.4. The van der Waals surface area contributed by atoms with Crippen molar-refractivity contribution < 1.29 is 24.5 Å². The molecule has 3 heterocycles. The summed E-state index contributed by atoms with van der Waals surface area (Å²) in [5.41, 5.74) is 1.61. The summed E-state index contributed by atoms with van der Waals surface area (Å²) in [7, 11) is 0. The van der Waals surface area contributed by atoms with Crippen LogP contribution in [0.15, 0.2) is 12.1 Å². The minimum absolute atomic E-state index is 0.129. The molecule has 4 atom stereocenters. The van der Waals surface area contributed by atoms with Gasteiger partial charge in [-0.15, -0.1) is 0 Å². The lowest BCUT2D eigenvalue weighted by atomic mass is 9.78. The molecule has 122 valence electrons. The predicted octanol–water partition coefficient (Wildman–Crippen LogP) is 0.542. The topological polar surface area (TPSA) is 79.2 Å². The highest BCUT2D eigenvalue weighted by atomic mass is 16.7. The lowest BCUT2D eigenvalue weighted by Gasteiger charge is -2.39. The summed E-state index contributed by atoms with van der Waals surface area (Å²) < 4.78 is 11.0. The van der Waals surface area contributed by atoms with Crippen LogP contribution in [0.3, 0.4) is 0 Å². The number of aliphatic hydroxyl groups excluding tert-OH is 2. The summed E-state index contributed by atoms with van der Waals surface area (Å²) in [5.74, 6) is 1.27. The summed E-state index contributed by atoms with van der Waals surface area (Å²) >= 11 is 0. The van der Waals surface area contributed by atoms with E-state index in [1.165, 1.54) is 0 Å². The van der Waals surface area contributed by atoms with E-state index < -0.39 is 17.7 Å². The lowest BCUT2D eigenvalue weighted by molar-refractivity contribution is -0.131. The van der Waals surface area contributed by atoms with Gasteiger partial charge in [-0.1, -0.05) is 0 Å². The van der Waals surface area contributed by atoms with Gasteiger partial charge in [0.15, 0.2) is 11.5 Å². The second-order valence-electron chi connectivity index (χ2n) is 7.04. The van der Waals surface area contributed by atoms with Crippen LogP contribution in [0, 0.1) is 0 Å².